The summed E-state index contributed by atoms with van der Waals surface area (Å²) in [5.74, 6) is -0.458. The molecule has 0 radical (unpaired) electrons. The van der Waals surface area contributed by atoms with Gasteiger partial charge >= 0.3 is 6.01 Å². The highest BCUT2D eigenvalue weighted by molar-refractivity contribution is 7.92. The Morgan fingerprint density at radius 2 is 2.00 bits per heavy atom. The fraction of sp³-hybridized carbons (Fsp3) is 0.286. The number of nitrogens with one attached hydrogen (secondary N) is 1. The van der Waals surface area contributed by atoms with Crippen molar-refractivity contribution in [1.82, 2.24) is 14.5 Å². The van der Waals surface area contributed by atoms with Gasteiger partial charge in [-0.05, 0) is 37.8 Å². The summed E-state index contributed by atoms with van der Waals surface area (Å²) in [6, 6.07) is 8.88. The highest BCUT2D eigenvalue weighted by atomic mass is 32.2. The van der Waals surface area contributed by atoms with Gasteiger partial charge in [0.15, 0.2) is 11.6 Å². The minimum Gasteiger partial charge on any atom is -0.421 e. The number of ether oxygens (including phenoxy) is 1. The van der Waals surface area contributed by atoms with Crippen molar-refractivity contribution in [3.8, 4) is 23.0 Å². The van der Waals surface area contributed by atoms with Crippen LogP contribution in [-0.4, -0.2) is 28.7 Å². The number of pyridine rings is 1. The van der Waals surface area contributed by atoms with Crippen molar-refractivity contribution in [2.24, 2.45) is 7.05 Å². The molecule has 2 heterocycles. The van der Waals surface area contributed by atoms with Crippen molar-refractivity contribution in [3.05, 3.63) is 64.3 Å². The molecule has 162 valence electrons. The van der Waals surface area contributed by atoms with E-state index in [1.54, 1.807) is 31.4 Å². The maximum absolute atomic E-state index is 14.5. The molecule has 1 aliphatic rings. The van der Waals surface area contributed by atoms with E-state index in [1.165, 1.54) is 29.7 Å². The molecule has 1 fully saturated rings. The standard InChI is InChI=1S/C21H21FN4O4S/c1-3-31(28,29)25-18-11-17(14-9-10-19(27)26(2)12-14)23-21(24-18)30-20-15(13-7-8-13)5-4-6-16(20)22/h4-6,9-13H,3,7-8H2,1-2H3,(H,23,24,25). The lowest BCUT2D eigenvalue weighted by atomic mass is 10.1. The molecule has 0 atom stereocenters. The second-order valence-corrected chi connectivity index (χ2v) is 9.34. The van der Waals surface area contributed by atoms with E-state index < -0.39 is 15.8 Å². The molecule has 8 nitrogen and oxygen atoms in total. The van der Waals surface area contributed by atoms with Crippen LogP contribution in [0.4, 0.5) is 10.2 Å². The van der Waals surface area contributed by atoms with Gasteiger partial charge in [-0.2, -0.15) is 9.97 Å². The Balaban J connectivity index is 1.80. The molecule has 31 heavy (non-hydrogen) atoms. The predicted octanol–water partition coefficient (Wildman–Crippen LogP) is 3.41. The second kappa shape index (κ2) is 8.10. The number of hydrogen-bond acceptors (Lipinski definition) is 6. The first-order chi connectivity index (χ1) is 14.8. The van der Waals surface area contributed by atoms with Crippen LogP contribution < -0.4 is 15.0 Å². The zero-order valence-corrected chi connectivity index (χ0v) is 17.8. The quantitative estimate of drug-likeness (QED) is 0.599. The molecule has 10 heteroatoms. The molecule has 4 rings (SSSR count). The first-order valence-corrected chi connectivity index (χ1v) is 11.4. The highest BCUT2D eigenvalue weighted by Crippen LogP contribution is 2.45. The molecule has 2 aromatic heterocycles. The van der Waals surface area contributed by atoms with Crippen LogP contribution in [0.25, 0.3) is 11.3 Å². The van der Waals surface area contributed by atoms with Gasteiger partial charge < -0.3 is 9.30 Å². The number of halogens is 1. The summed E-state index contributed by atoms with van der Waals surface area (Å²) in [6.07, 6.45) is 3.45. The first-order valence-electron chi connectivity index (χ1n) is 9.78. The average Bonchev–Trinajstić information content (AvgIpc) is 3.56. The third-order valence-corrected chi connectivity index (χ3v) is 6.22. The summed E-state index contributed by atoms with van der Waals surface area (Å²) in [5.41, 5.74) is 1.38. The number of sulfonamides is 1. The maximum Gasteiger partial charge on any atom is 0.324 e. The van der Waals surface area contributed by atoms with Crippen molar-refractivity contribution in [3.63, 3.8) is 0 Å². The monoisotopic (exact) mass is 444 g/mol. The molecule has 0 amide bonds. The van der Waals surface area contributed by atoms with Crippen molar-refractivity contribution in [2.45, 2.75) is 25.7 Å². The molecule has 0 aliphatic heterocycles. The minimum atomic E-state index is -3.62. The zero-order valence-electron chi connectivity index (χ0n) is 17.0. The summed E-state index contributed by atoms with van der Waals surface area (Å²) < 4.78 is 48.2. The third-order valence-electron chi connectivity index (χ3n) is 4.94. The molecular formula is C21H21FN4O4S. The molecule has 3 aromatic rings. The number of para-hydroxylation sites is 1. The smallest absolute Gasteiger partial charge is 0.324 e. The van der Waals surface area contributed by atoms with E-state index >= 15 is 0 Å². The summed E-state index contributed by atoms with van der Waals surface area (Å²) in [7, 11) is -2.03. The normalized spacial score (nSPS) is 13.8. The summed E-state index contributed by atoms with van der Waals surface area (Å²) in [4.78, 5) is 20.2. The number of hydrogen-bond donors (Lipinski definition) is 1. The lowest BCUT2D eigenvalue weighted by molar-refractivity contribution is 0.407. The van der Waals surface area contributed by atoms with Crippen molar-refractivity contribution < 1.29 is 17.5 Å². The zero-order chi connectivity index (χ0) is 22.2. The fourth-order valence-corrected chi connectivity index (χ4v) is 3.66. The van der Waals surface area contributed by atoms with E-state index in [1.807, 2.05) is 0 Å². The van der Waals surface area contributed by atoms with Crippen LogP contribution in [0.2, 0.25) is 0 Å². The van der Waals surface area contributed by atoms with Crippen LogP contribution in [-0.2, 0) is 17.1 Å². The van der Waals surface area contributed by atoms with Gasteiger partial charge in [-0.3, -0.25) is 9.52 Å². The topological polar surface area (TPSA) is 103 Å². The van der Waals surface area contributed by atoms with E-state index in [4.69, 9.17) is 4.74 Å². The Morgan fingerprint density at radius 3 is 2.68 bits per heavy atom. The number of anilines is 1. The molecule has 1 aromatic carbocycles. The average molecular weight is 444 g/mol. The Hall–Kier alpha value is -3.27. The Labute approximate surface area is 178 Å². The highest BCUT2D eigenvalue weighted by Gasteiger charge is 2.29. The van der Waals surface area contributed by atoms with E-state index in [2.05, 4.69) is 14.7 Å². The van der Waals surface area contributed by atoms with Crippen LogP contribution in [0.5, 0.6) is 11.8 Å². The molecule has 0 spiro atoms. The minimum absolute atomic E-state index is 0.0139. The number of aromatic nitrogens is 3. The van der Waals surface area contributed by atoms with Crippen LogP contribution >= 0.6 is 0 Å². The molecule has 1 saturated carbocycles. The van der Waals surface area contributed by atoms with Crippen LogP contribution in [0, 0.1) is 5.82 Å². The van der Waals surface area contributed by atoms with Gasteiger partial charge in [0.1, 0.15) is 5.82 Å². The molecule has 0 saturated heterocycles. The summed E-state index contributed by atoms with van der Waals surface area (Å²) in [6.45, 7) is 1.50. The lowest BCUT2D eigenvalue weighted by Gasteiger charge is -2.13. The van der Waals surface area contributed by atoms with E-state index in [0.717, 1.165) is 18.4 Å². The van der Waals surface area contributed by atoms with Crippen LogP contribution in [0.3, 0.4) is 0 Å². The molecule has 0 bridgehead atoms. The lowest BCUT2D eigenvalue weighted by Crippen LogP contribution is -2.16. The Morgan fingerprint density at radius 1 is 1.23 bits per heavy atom. The van der Waals surface area contributed by atoms with Crippen molar-refractivity contribution in [1.29, 1.82) is 0 Å². The second-order valence-electron chi connectivity index (χ2n) is 7.33. The number of nitrogens with zero attached hydrogens (tertiary/aromatic N) is 3. The number of aryl methyl sites for hydroxylation is 1. The SMILES string of the molecule is CCS(=O)(=O)Nc1cc(-c2ccc(=O)n(C)c2)nc(Oc2c(F)cccc2C2CC2)n1. The van der Waals surface area contributed by atoms with Gasteiger partial charge in [-0.25, -0.2) is 12.8 Å². The Kier molecular flexibility index (Phi) is 5.48. The number of rotatable bonds is 7. The van der Waals surface area contributed by atoms with Gasteiger partial charge in [-0.15, -0.1) is 0 Å². The Bertz CT molecular complexity index is 1300. The van der Waals surface area contributed by atoms with Gasteiger partial charge in [0.2, 0.25) is 15.6 Å². The van der Waals surface area contributed by atoms with Crippen LogP contribution in [0.1, 0.15) is 31.2 Å². The largest absolute Gasteiger partial charge is 0.421 e. The van der Waals surface area contributed by atoms with Crippen LogP contribution in [0.15, 0.2) is 47.4 Å². The van der Waals surface area contributed by atoms with E-state index in [-0.39, 0.29) is 34.8 Å². The van der Waals surface area contributed by atoms with Gasteiger partial charge in [0.05, 0.1) is 11.4 Å². The van der Waals surface area contributed by atoms with E-state index in [9.17, 15) is 17.6 Å². The van der Waals surface area contributed by atoms with Crippen molar-refractivity contribution in [2.75, 3.05) is 10.5 Å². The molecule has 1 N–H and O–H groups in total. The molecule has 1 aliphatic carbocycles. The van der Waals surface area contributed by atoms with Gasteiger partial charge in [0, 0.05) is 36.5 Å². The van der Waals surface area contributed by atoms with Crippen molar-refractivity contribution >= 4 is 15.8 Å². The predicted molar refractivity (Wildman–Crippen MR) is 114 cm³/mol. The fourth-order valence-electron chi connectivity index (χ4n) is 3.09. The van der Waals surface area contributed by atoms with Gasteiger partial charge in [-0.1, -0.05) is 12.1 Å². The summed E-state index contributed by atoms with van der Waals surface area (Å²) in [5, 5.41) is 0. The number of benzene rings is 1. The maximum atomic E-state index is 14.5. The third kappa shape index (κ3) is 4.74. The summed E-state index contributed by atoms with van der Waals surface area (Å²) >= 11 is 0. The first kappa shape index (κ1) is 21.0. The molecule has 0 unspecified atom stereocenters. The van der Waals surface area contributed by atoms with Gasteiger partial charge in [0.25, 0.3) is 0 Å². The van der Waals surface area contributed by atoms with E-state index in [0.29, 0.717) is 11.3 Å². The molecular weight excluding hydrogens is 423 g/mol.